The Morgan fingerprint density at radius 1 is 1.00 bits per heavy atom. The van der Waals surface area contributed by atoms with Crippen LogP contribution in [0.5, 0.6) is 0 Å². The Morgan fingerprint density at radius 3 is 2.53 bits per heavy atom. The molecule has 0 N–H and O–H groups in total. The summed E-state index contributed by atoms with van der Waals surface area (Å²) >= 11 is 1.78. The molecule has 0 bridgehead atoms. The maximum atomic E-state index is 14.2. The van der Waals surface area contributed by atoms with Gasteiger partial charge in [-0.15, -0.1) is 11.3 Å². The predicted molar refractivity (Wildman–Crippen MR) is 123 cm³/mol. The second-order valence-corrected chi connectivity index (χ2v) is 9.24. The Balaban J connectivity index is 1.65. The van der Waals surface area contributed by atoms with E-state index >= 15 is 0 Å². The maximum absolute atomic E-state index is 14.2. The van der Waals surface area contributed by atoms with E-state index in [9.17, 15) is 4.39 Å². The molecule has 30 heavy (non-hydrogen) atoms. The zero-order chi connectivity index (χ0) is 20.7. The minimum atomic E-state index is -0.253. The van der Waals surface area contributed by atoms with E-state index in [4.69, 9.17) is 4.99 Å². The minimum Gasteiger partial charge on any atom is -0.353 e. The molecule has 4 nitrogen and oxygen atoms in total. The van der Waals surface area contributed by atoms with Crippen molar-refractivity contribution in [3.63, 3.8) is 0 Å². The van der Waals surface area contributed by atoms with E-state index in [1.54, 1.807) is 17.4 Å². The highest BCUT2D eigenvalue weighted by Crippen LogP contribution is 2.45. The summed E-state index contributed by atoms with van der Waals surface area (Å²) in [7, 11) is 2.15. The van der Waals surface area contributed by atoms with Gasteiger partial charge in [0.25, 0.3) is 0 Å². The van der Waals surface area contributed by atoms with Gasteiger partial charge in [0.2, 0.25) is 0 Å². The molecule has 0 radical (unpaired) electrons. The van der Waals surface area contributed by atoms with Gasteiger partial charge in [0.15, 0.2) is 0 Å². The highest BCUT2D eigenvalue weighted by molar-refractivity contribution is 7.16. The number of amidine groups is 1. The number of hydrogen-bond acceptors (Lipinski definition) is 5. The molecule has 154 valence electrons. The molecular weight excluding hydrogens is 395 g/mol. The fourth-order valence-corrected chi connectivity index (χ4v) is 5.16. The number of aryl methyl sites for hydroxylation is 1. The van der Waals surface area contributed by atoms with Crippen LogP contribution < -0.4 is 4.90 Å². The summed E-state index contributed by atoms with van der Waals surface area (Å²) in [4.78, 5) is 13.3. The zero-order valence-electron chi connectivity index (χ0n) is 17.3. The fraction of sp³-hybridized carbons (Fsp3) is 0.292. The first kappa shape index (κ1) is 19.3. The lowest BCUT2D eigenvalue weighted by Crippen LogP contribution is -2.47. The third-order valence-electron chi connectivity index (χ3n) is 5.76. The molecule has 1 fully saturated rings. The molecule has 0 atom stereocenters. The summed E-state index contributed by atoms with van der Waals surface area (Å²) in [5, 5.41) is 1.18. The van der Waals surface area contributed by atoms with Crippen LogP contribution >= 0.6 is 11.3 Å². The third kappa shape index (κ3) is 3.61. The first-order chi connectivity index (χ1) is 14.6. The number of aliphatic imine (C=N–C) groups is 1. The van der Waals surface area contributed by atoms with Crippen LogP contribution in [0.1, 0.15) is 16.0 Å². The highest BCUT2D eigenvalue weighted by Gasteiger charge is 2.29. The van der Waals surface area contributed by atoms with Gasteiger partial charge >= 0.3 is 0 Å². The molecule has 1 aromatic heterocycles. The topological polar surface area (TPSA) is 22.1 Å². The van der Waals surface area contributed by atoms with Crippen LogP contribution in [-0.2, 0) is 6.54 Å². The second-order valence-electron chi connectivity index (χ2n) is 8.01. The van der Waals surface area contributed by atoms with Crippen molar-refractivity contribution in [1.29, 1.82) is 0 Å². The standard InChI is InChI=1S/C24H25FN4S/c1-17-14-20-23(28-12-10-27(2)11-13-28)26-21-15-19(25)8-9-22(21)29(24(20)30-17)16-18-6-4-3-5-7-18/h3-9,14-15H,10-13,16H2,1-2H3. The molecule has 0 unspecified atom stereocenters. The second kappa shape index (κ2) is 7.85. The van der Waals surface area contributed by atoms with Crippen LogP contribution in [-0.4, -0.2) is 48.9 Å². The summed E-state index contributed by atoms with van der Waals surface area (Å²) in [5.41, 5.74) is 4.01. The predicted octanol–water partition coefficient (Wildman–Crippen LogP) is 5.17. The van der Waals surface area contributed by atoms with E-state index in [2.05, 4.69) is 59.0 Å². The quantitative estimate of drug-likeness (QED) is 0.571. The smallest absolute Gasteiger partial charge is 0.139 e. The lowest BCUT2D eigenvalue weighted by atomic mass is 10.1. The van der Waals surface area contributed by atoms with E-state index in [1.165, 1.54) is 21.5 Å². The molecule has 2 aliphatic heterocycles. The lowest BCUT2D eigenvalue weighted by Gasteiger charge is -2.34. The molecule has 3 aromatic rings. The van der Waals surface area contributed by atoms with E-state index in [0.29, 0.717) is 5.69 Å². The van der Waals surface area contributed by atoms with Gasteiger partial charge in [-0.25, -0.2) is 9.38 Å². The molecule has 6 heteroatoms. The van der Waals surface area contributed by atoms with Gasteiger partial charge in [-0.3, -0.25) is 0 Å². The number of nitrogens with zero attached hydrogens (tertiary/aromatic N) is 4. The molecule has 1 saturated heterocycles. The summed E-state index contributed by atoms with van der Waals surface area (Å²) in [5.74, 6) is 0.709. The summed E-state index contributed by atoms with van der Waals surface area (Å²) in [6, 6.07) is 17.6. The molecule has 0 saturated carbocycles. The first-order valence-electron chi connectivity index (χ1n) is 10.3. The average molecular weight is 421 g/mol. The normalized spacial score (nSPS) is 16.7. The number of likely N-dealkylation sites (N-methyl/N-ethyl adjacent to an activating group) is 1. The van der Waals surface area contributed by atoms with Gasteiger partial charge in [-0.1, -0.05) is 30.3 Å². The number of rotatable bonds is 2. The number of benzene rings is 2. The van der Waals surface area contributed by atoms with Crippen molar-refractivity contribution in [3.8, 4) is 0 Å². The number of halogens is 1. The van der Waals surface area contributed by atoms with E-state index < -0.39 is 0 Å². The number of anilines is 2. The molecule has 0 spiro atoms. The van der Waals surface area contributed by atoms with Crippen LogP contribution in [0.25, 0.3) is 0 Å². The van der Waals surface area contributed by atoms with Crippen molar-refractivity contribution < 1.29 is 4.39 Å². The first-order valence-corrected chi connectivity index (χ1v) is 11.1. The lowest BCUT2D eigenvalue weighted by molar-refractivity contribution is 0.216. The molecule has 0 aliphatic carbocycles. The third-order valence-corrected chi connectivity index (χ3v) is 6.84. The van der Waals surface area contributed by atoms with Gasteiger partial charge in [-0.2, -0.15) is 0 Å². The van der Waals surface area contributed by atoms with Crippen LogP contribution in [0.15, 0.2) is 59.6 Å². The number of piperazine rings is 1. The zero-order valence-corrected chi connectivity index (χ0v) is 18.1. The molecule has 2 aromatic carbocycles. The Morgan fingerprint density at radius 2 is 1.77 bits per heavy atom. The van der Waals surface area contributed by atoms with Crippen molar-refractivity contribution in [2.75, 3.05) is 38.1 Å². The van der Waals surface area contributed by atoms with Gasteiger partial charge in [-0.05, 0) is 37.7 Å². The van der Waals surface area contributed by atoms with Gasteiger partial charge in [0, 0.05) is 43.7 Å². The van der Waals surface area contributed by atoms with Crippen molar-refractivity contribution in [1.82, 2.24) is 9.80 Å². The maximum Gasteiger partial charge on any atom is 0.139 e. The van der Waals surface area contributed by atoms with Gasteiger partial charge in [0.05, 0.1) is 16.9 Å². The van der Waals surface area contributed by atoms with E-state index in [0.717, 1.165) is 49.8 Å². The van der Waals surface area contributed by atoms with Crippen LogP contribution in [0, 0.1) is 12.7 Å². The summed E-state index contributed by atoms with van der Waals surface area (Å²) < 4.78 is 14.2. The van der Waals surface area contributed by atoms with Gasteiger partial charge < -0.3 is 14.7 Å². The van der Waals surface area contributed by atoms with E-state index in [1.807, 2.05) is 12.1 Å². The van der Waals surface area contributed by atoms with Crippen molar-refractivity contribution in [3.05, 3.63) is 76.4 Å². The molecule has 2 aliphatic rings. The van der Waals surface area contributed by atoms with Crippen molar-refractivity contribution in [2.24, 2.45) is 4.99 Å². The SMILES string of the molecule is Cc1cc2c(s1)N(Cc1ccccc1)c1ccc(F)cc1N=C2N1CCN(C)CC1. The molecule has 5 rings (SSSR count). The number of fused-ring (bicyclic) bond motifs is 2. The van der Waals surface area contributed by atoms with Crippen molar-refractivity contribution in [2.45, 2.75) is 13.5 Å². The molecule has 3 heterocycles. The number of hydrogen-bond donors (Lipinski definition) is 0. The Bertz CT molecular complexity index is 1080. The Hall–Kier alpha value is -2.70. The Kier molecular flexibility index (Phi) is 5.05. The summed E-state index contributed by atoms with van der Waals surface area (Å²) in [6.07, 6.45) is 0. The molecular formula is C24H25FN4S. The monoisotopic (exact) mass is 420 g/mol. The highest BCUT2D eigenvalue weighted by atomic mass is 32.1. The van der Waals surface area contributed by atoms with Crippen molar-refractivity contribution >= 4 is 33.5 Å². The molecule has 0 amide bonds. The van der Waals surface area contributed by atoms with Crippen LogP contribution in [0.2, 0.25) is 0 Å². The van der Waals surface area contributed by atoms with Crippen LogP contribution in [0.4, 0.5) is 20.8 Å². The van der Waals surface area contributed by atoms with E-state index in [-0.39, 0.29) is 5.82 Å². The van der Waals surface area contributed by atoms with Crippen LogP contribution in [0.3, 0.4) is 0 Å². The summed E-state index contributed by atoms with van der Waals surface area (Å²) in [6.45, 7) is 6.72. The largest absolute Gasteiger partial charge is 0.353 e. The number of thiophene rings is 1. The van der Waals surface area contributed by atoms with Gasteiger partial charge in [0.1, 0.15) is 16.7 Å². The fourth-order valence-electron chi connectivity index (χ4n) is 4.14. The minimum absolute atomic E-state index is 0.253. The Labute approximate surface area is 180 Å². The average Bonchev–Trinajstić information content (AvgIpc) is 3.08.